The highest BCUT2D eigenvalue weighted by Crippen LogP contribution is 2.89. The minimum Gasteiger partial charge on any atom is -0.396 e. The summed E-state index contributed by atoms with van der Waals surface area (Å²) in [6.07, 6.45) is -13.9. The number of aliphatic hydroxyl groups excluding tert-OH is 11. The zero-order valence-electron chi connectivity index (χ0n) is 39.1. The molecule has 0 radical (unpaired) electrons. The Labute approximate surface area is 382 Å². The Morgan fingerprint density at radius 3 is 2.00 bits per heavy atom. The van der Waals surface area contributed by atoms with E-state index in [1.165, 1.54) is 6.92 Å². The molecule has 18 nitrogen and oxygen atoms in total. The van der Waals surface area contributed by atoms with Crippen LogP contribution in [-0.4, -0.2) is 191 Å². The van der Waals surface area contributed by atoms with Gasteiger partial charge < -0.3 is 89.7 Å². The van der Waals surface area contributed by atoms with Gasteiger partial charge >= 0.3 is 0 Å². The maximum absolute atomic E-state index is 11.5. The average Bonchev–Trinajstić information content (AvgIpc) is 3.86. The molecule has 8 aliphatic rings. The Kier molecular flexibility index (Phi) is 13.9. The predicted molar refractivity (Wildman–Crippen MR) is 227 cm³/mol. The van der Waals surface area contributed by atoms with Crippen molar-refractivity contribution in [3.05, 3.63) is 0 Å². The van der Waals surface area contributed by atoms with Crippen LogP contribution in [0.2, 0.25) is 0 Å². The average molecular weight is 933 g/mol. The largest absolute Gasteiger partial charge is 0.396 e. The molecule has 0 aromatic carbocycles. The fourth-order valence-electron chi connectivity index (χ4n) is 15.5. The molecule has 26 atom stereocenters. The molecular formula is C47H80O18. The summed E-state index contributed by atoms with van der Waals surface area (Å²) in [7, 11) is 0. The zero-order valence-corrected chi connectivity index (χ0v) is 39.1. The molecule has 3 heterocycles. The quantitative estimate of drug-likeness (QED) is 0.103. The predicted octanol–water partition coefficient (Wildman–Crippen LogP) is -0.583. The van der Waals surface area contributed by atoms with E-state index in [9.17, 15) is 61.3 Å². The summed E-state index contributed by atoms with van der Waals surface area (Å²) >= 11 is 0. The van der Waals surface area contributed by atoms with Gasteiger partial charge in [-0.2, -0.15) is 0 Å². The lowest BCUT2D eigenvalue weighted by atomic mass is 9.41. The fourth-order valence-corrected chi connectivity index (χ4v) is 15.5. The molecule has 5 aliphatic carbocycles. The zero-order chi connectivity index (χ0) is 47.6. The molecule has 3 aliphatic heterocycles. The first-order chi connectivity index (χ1) is 30.3. The summed E-state index contributed by atoms with van der Waals surface area (Å²) in [6, 6.07) is 0. The topological polar surface area (TPSA) is 298 Å². The molecule has 3 saturated heterocycles. The van der Waals surface area contributed by atoms with Gasteiger partial charge in [0.05, 0.1) is 49.8 Å². The van der Waals surface area contributed by atoms with Gasteiger partial charge in [0.15, 0.2) is 18.9 Å². The van der Waals surface area contributed by atoms with E-state index >= 15 is 0 Å². The van der Waals surface area contributed by atoms with Gasteiger partial charge in [0.2, 0.25) is 0 Å². The molecule has 0 unspecified atom stereocenters. The Hall–Kier alpha value is -0.720. The molecule has 12 N–H and O–H groups in total. The number of fused-ring (bicyclic) bond motifs is 2. The molecule has 376 valence electrons. The summed E-state index contributed by atoms with van der Waals surface area (Å²) in [4.78, 5) is 0. The number of ether oxygens (including phenoxy) is 6. The van der Waals surface area contributed by atoms with Gasteiger partial charge in [-0.05, 0) is 130 Å². The standard InChI is InChI=1S/C47H80O18/c1-21(8-11-28(50)42(3,4)59)30-24(63-41-38(58)35(55)33(53)25(64-41)18-61-39-37(57)34(54)31(51)22(2)62-39)16-45(7)27-10-9-26-43(5,20-48)29(65-40-36(56)32(52)23(49)17-60-40)12-13-46(26)19-47(27,46)15-14-44(30,45)6/h21-41,48-59H,8-20H2,1-7H3/t21-,22-,23-,24+,25-,26+,27+,28+,29+,30+,31+,32-,33+,34-,35+,36-,37-,38-,39-,40+,41-,43-,44-,45+,46-,47+/m1/s1. The van der Waals surface area contributed by atoms with Crippen LogP contribution in [0.5, 0.6) is 0 Å². The molecule has 2 spiro atoms. The van der Waals surface area contributed by atoms with E-state index in [1.807, 2.05) is 0 Å². The van der Waals surface area contributed by atoms with Crippen LogP contribution in [0.15, 0.2) is 0 Å². The SMILES string of the molecule is C[C@H](CC[C@H](O)C(C)(C)O)[C@H]1[C@@H](O[C@@H]2O[C@H](CO[C@@H]3O[C@H](C)[C@H](O)[C@@H](O)[C@H]3O)[C@H](O)[C@H](O)[C@H]2O)C[C@@]2(C)[C@@H]3CC[C@H]4[C@@](C)(CO)[C@@H](O[C@@H]5OC[C@@H](O)[C@@H](O)[C@H]5O)CC[C@@]45C[C@@]35CC[C@]12C. The van der Waals surface area contributed by atoms with Crippen LogP contribution < -0.4 is 0 Å². The first kappa shape index (κ1) is 50.7. The molecule has 65 heavy (non-hydrogen) atoms. The van der Waals surface area contributed by atoms with Crippen LogP contribution in [0.1, 0.15) is 113 Å². The second-order valence-corrected chi connectivity index (χ2v) is 23.2. The lowest BCUT2D eigenvalue weighted by molar-refractivity contribution is -0.335. The van der Waals surface area contributed by atoms with Crippen molar-refractivity contribution in [3.63, 3.8) is 0 Å². The van der Waals surface area contributed by atoms with Gasteiger partial charge in [-0.3, -0.25) is 0 Å². The lowest BCUT2D eigenvalue weighted by Crippen LogP contribution is -2.61. The second kappa shape index (κ2) is 17.8. The summed E-state index contributed by atoms with van der Waals surface area (Å²) in [5, 5.41) is 129. The van der Waals surface area contributed by atoms with Crippen molar-refractivity contribution in [1.82, 2.24) is 0 Å². The summed E-state index contributed by atoms with van der Waals surface area (Å²) in [5.74, 6) is 0.220. The van der Waals surface area contributed by atoms with E-state index in [4.69, 9.17) is 28.4 Å². The highest BCUT2D eigenvalue weighted by atomic mass is 16.7. The minimum atomic E-state index is -1.69. The van der Waals surface area contributed by atoms with Gasteiger partial charge in [-0.15, -0.1) is 0 Å². The van der Waals surface area contributed by atoms with Crippen molar-refractivity contribution in [1.29, 1.82) is 0 Å². The van der Waals surface area contributed by atoms with Gasteiger partial charge in [0.1, 0.15) is 61.0 Å². The Balaban J connectivity index is 1.04. The van der Waals surface area contributed by atoms with Crippen molar-refractivity contribution in [2.75, 3.05) is 19.8 Å². The van der Waals surface area contributed by atoms with Crippen LogP contribution >= 0.6 is 0 Å². The summed E-state index contributed by atoms with van der Waals surface area (Å²) in [6.45, 7) is 12.9. The molecule has 0 amide bonds. The van der Waals surface area contributed by atoms with Crippen molar-refractivity contribution in [3.8, 4) is 0 Å². The van der Waals surface area contributed by atoms with Gasteiger partial charge in [0.25, 0.3) is 0 Å². The molecule has 0 aromatic heterocycles. The molecule has 8 rings (SSSR count). The minimum absolute atomic E-state index is 0.0248. The number of hydrogen-bond acceptors (Lipinski definition) is 18. The Morgan fingerprint density at radius 1 is 0.692 bits per heavy atom. The van der Waals surface area contributed by atoms with Crippen molar-refractivity contribution >= 4 is 0 Å². The third kappa shape index (κ3) is 8.01. The number of aliphatic hydroxyl groups is 12. The maximum atomic E-state index is 11.5. The molecule has 18 heteroatoms. The second-order valence-electron chi connectivity index (χ2n) is 23.2. The third-order valence-corrected chi connectivity index (χ3v) is 19.5. The van der Waals surface area contributed by atoms with Crippen LogP contribution in [-0.2, 0) is 28.4 Å². The van der Waals surface area contributed by atoms with E-state index in [2.05, 4.69) is 27.7 Å². The third-order valence-electron chi connectivity index (χ3n) is 19.5. The fraction of sp³-hybridized carbons (Fsp3) is 1.00. The number of rotatable bonds is 13. The van der Waals surface area contributed by atoms with E-state index in [0.717, 1.165) is 38.5 Å². The highest BCUT2D eigenvalue weighted by molar-refractivity contribution is 5.31. The highest BCUT2D eigenvalue weighted by Gasteiger charge is 2.83. The summed E-state index contributed by atoms with van der Waals surface area (Å²) in [5.41, 5.74) is -2.66. The first-order valence-corrected chi connectivity index (χ1v) is 24.3. The van der Waals surface area contributed by atoms with Crippen molar-refractivity contribution in [2.24, 2.45) is 50.7 Å². The van der Waals surface area contributed by atoms with E-state index in [-0.39, 0.29) is 58.5 Å². The monoisotopic (exact) mass is 933 g/mol. The normalized spacial score (nSPS) is 55.3. The van der Waals surface area contributed by atoms with Crippen LogP contribution in [0.25, 0.3) is 0 Å². The van der Waals surface area contributed by atoms with Crippen molar-refractivity contribution in [2.45, 2.75) is 223 Å². The first-order valence-electron chi connectivity index (χ1n) is 24.3. The lowest BCUT2D eigenvalue weighted by Gasteiger charge is -2.63. The van der Waals surface area contributed by atoms with E-state index in [0.29, 0.717) is 25.7 Å². The van der Waals surface area contributed by atoms with Gasteiger partial charge in [-0.1, -0.05) is 27.7 Å². The summed E-state index contributed by atoms with van der Waals surface area (Å²) < 4.78 is 36.6. The van der Waals surface area contributed by atoms with Crippen LogP contribution in [0.4, 0.5) is 0 Å². The molecule has 0 aromatic rings. The Bertz CT molecular complexity index is 1670. The molecule has 8 fully saturated rings. The smallest absolute Gasteiger partial charge is 0.186 e. The molecular weight excluding hydrogens is 852 g/mol. The van der Waals surface area contributed by atoms with Crippen LogP contribution in [0, 0.1) is 50.7 Å². The Morgan fingerprint density at radius 2 is 1.32 bits per heavy atom. The van der Waals surface area contributed by atoms with Crippen molar-refractivity contribution < 1.29 is 89.7 Å². The van der Waals surface area contributed by atoms with E-state index < -0.39 is 122 Å². The van der Waals surface area contributed by atoms with Gasteiger partial charge in [0, 0.05) is 5.41 Å². The van der Waals surface area contributed by atoms with E-state index in [1.54, 1.807) is 13.8 Å². The molecule has 0 bridgehead atoms. The van der Waals surface area contributed by atoms with Crippen LogP contribution in [0.3, 0.4) is 0 Å². The maximum Gasteiger partial charge on any atom is 0.186 e. The molecule has 5 saturated carbocycles. The number of hydrogen-bond donors (Lipinski definition) is 12. The van der Waals surface area contributed by atoms with Gasteiger partial charge in [-0.25, -0.2) is 0 Å².